The third kappa shape index (κ3) is 1.75. The van der Waals surface area contributed by atoms with Crippen molar-refractivity contribution in [2.75, 3.05) is 0 Å². The second-order valence-electron chi connectivity index (χ2n) is 3.56. The topological polar surface area (TPSA) is 81.4 Å². The number of aliphatic imine (C=N–C) groups is 1. The number of rotatable bonds is 2. The van der Waals surface area contributed by atoms with Gasteiger partial charge in [-0.25, -0.2) is 15.0 Å². The molecule has 84 valence electrons. The lowest BCUT2D eigenvalue weighted by Crippen LogP contribution is -3.02. The highest BCUT2D eigenvalue weighted by molar-refractivity contribution is 5.68. The molecule has 3 heterocycles. The Morgan fingerprint density at radius 1 is 1.24 bits per heavy atom. The van der Waals surface area contributed by atoms with E-state index in [1.165, 1.54) is 12.5 Å². The van der Waals surface area contributed by atoms with E-state index < -0.39 is 0 Å². The maximum absolute atomic E-state index is 11.5. The summed E-state index contributed by atoms with van der Waals surface area (Å²) < 4.78 is 0. The molecule has 3 rings (SSSR count). The first-order valence-electron chi connectivity index (χ1n) is 5.08. The zero-order valence-electron chi connectivity index (χ0n) is 8.79. The van der Waals surface area contributed by atoms with Gasteiger partial charge in [0, 0.05) is 0 Å². The Bertz CT molecular complexity index is 588. The number of hydroxylamine groups is 2. The largest absolute Gasteiger partial charge is 0.623 e. The van der Waals surface area contributed by atoms with Crippen LogP contribution in [0.4, 0.5) is 0 Å². The van der Waals surface area contributed by atoms with Crippen molar-refractivity contribution in [3.05, 3.63) is 47.8 Å². The predicted octanol–water partition coefficient (Wildman–Crippen LogP) is 0.195. The Labute approximate surface area is 96.9 Å². The Morgan fingerprint density at radius 2 is 2.12 bits per heavy atom. The number of imidazole rings is 1. The Balaban J connectivity index is 2.01. The lowest BCUT2D eigenvalue weighted by atomic mass is 10.2. The van der Waals surface area contributed by atoms with Crippen molar-refractivity contribution in [3.8, 4) is 11.4 Å². The van der Waals surface area contributed by atoms with E-state index in [1.54, 1.807) is 18.6 Å². The first-order chi connectivity index (χ1) is 8.34. The first-order valence-corrected chi connectivity index (χ1v) is 5.08. The number of H-pyrrole nitrogens is 1. The highest BCUT2D eigenvalue weighted by Crippen LogP contribution is 2.16. The van der Waals surface area contributed by atoms with Crippen LogP contribution in [0.2, 0.25) is 0 Å². The lowest BCUT2D eigenvalue weighted by molar-refractivity contribution is -0.647. The van der Waals surface area contributed by atoms with Gasteiger partial charge in [-0.3, -0.25) is 5.06 Å². The van der Waals surface area contributed by atoms with Crippen molar-refractivity contribution in [1.82, 2.24) is 15.0 Å². The molecule has 0 aromatic carbocycles. The van der Waals surface area contributed by atoms with Crippen LogP contribution in [0.3, 0.4) is 0 Å². The van der Waals surface area contributed by atoms with Crippen LogP contribution in [0.1, 0.15) is 5.69 Å². The van der Waals surface area contributed by atoms with E-state index in [0.29, 0.717) is 11.4 Å². The molecule has 1 aliphatic heterocycles. The minimum atomic E-state index is -0.112. The van der Waals surface area contributed by atoms with Crippen LogP contribution in [0.15, 0.2) is 41.9 Å². The molecule has 0 aliphatic carbocycles. The van der Waals surface area contributed by atoms with Crippen LogP contribution in [0.5, 0.6) is 0 Å². The molecule has 0 saturated carbocycles. The van der Waals surface area contributed by atoms with Gasteiger partial charge in [-0.05, 0) is 12.1 Å². The number of hydrogen-bond acceptors (Lipinski definition) is 4. The zero-order valence-corrected chi connectivity index (χ0v) is 8.79. The second kappa shape index (κ2) is 3.93. The summed E-state index contributed by atoms with van der Waals surface area (Å²) in [6, 6.07) is 5.50. The first kappa shape index (κ1) is 9.88. The summed E-state index contributed by atoms with van der Waals surface area (Å²) in [6.07, 6.45) is 6.10. The van der Waals surface area contributed by atoms with Crippen molar-refractivity contribution in [1.29, 1.82) is 0 Å². The van der Waals surface area contributed by atoms with E-state index in [9.17, 15) is 5.21 Å². The molecule has 0 amide bonds. The third-order valence-electron chi connectivity index (χ3n) is 2.46. The van der Waals surface area contributed by atoms with Crippen molar-refractivity contribution in [2.24, 2.45) is 4.99 Å². The number of aromatic nitrogens is 3. The molecular weight excluding hydrogens is 218 g/mol. The fraction of sp³-hybridized carbons (Fsp3) is 0. The van der Waals surface area contributed by atoms with E-state index >= 15 is 0 Å². The average molecular weight is 227 g/mol. The van der Waals surface area contributed by atoms with Gasteiger partial charge in [0.05, 0.1) is 30.1 Å². The number of quaternary nitrogens is 1. The number of aromatic amines is 1. The van der Waals surface area contributed by atoms with Gasteiger partial charge in [0.25, 0.3) is 0 Å². The van der Waals surface area contributed by atoms with Gasteiger partial charge >= 0.3 is 0 Å². The third-order valence-corrected chi connectivity index (χ3v) is 2.46. The van der Waals surface area contributed by atoms with Gasteiger partial charge in [0.1, 0.15) is 5.69 Å². The molecule has 0 saturated heterocycles. The van der Waals surface area contributed by atoms with E-state index in [1.807, 2.05) is 12.1 Å². The van der Waals surface area contributed by atoms with Gasteiger partial charge in [-0.15, -0.1) is 0 Å². The van der Waals surface area contributed by atoms with Gasteiger partial charge in [-0.2, -0.15) is 0 Å². The minimum Gasteiger partial charge on any atom is -0.623 e. The monoisotopic (exact) mass is 227 g/mol. The second-order valence-corrected chi connectivity index (χ2v) is 3.56. The molecule has 6 nitrogen and oxygen atoms in total. The molecule has 0 spiro atoms. The highest BCUT2D eigenvalue weighted by Gasteiger charge is 2.15. The maximum Gasteiger partial charge on any atom is 0.193 e. The molecule has 0 fully saturated rings. The van der Waals surface area contributed by atoms with Crippen molar-refractivity contribution in [2.45, 2.75) is 0 Å². The van der Waals surface area contributed by atoms with E-state index in [4.69, 9.17) is 0 Å². The van der Waals surface area contributed by atoms with Gasteiger partial charge in [-0.1, -0.05) is 6.07 Å². The quantitative estimate of drug-likeness (QED) is 0.719. The minimum absolute atomic E-state index is 0.112. The van der Waals surface area contributed by atoms with E-state index in [0.717, 1.165) is 11.4 Å². The van der Waals surface area contributed by atoms with Gasteiger partial charge in [0.2, 0.25) is 0 Å². The fourth-order valence-electron chi connectivity index (χ4n) is 1.64. The average Bonchev–Trinajstić information content (AvgIpc) is 2.99. The van der Waals surface area contributed by atoms with Crippen molar-refractivity contribution in [3.63, 3.8) is 0 Å². The predicted molar refractivity (Wildman–Crippen MR) is 62.6 cm³/mol. The molecule has 2 aromatic rings. The van der Waals surface area contributed by atoms with E-state index in [-0.39, 0.29) is 5.06 Å². The summed E-state index contributed by atoms with van der Waals surface area (Å²) in [6.45, 7) is 0. The molecule has 6 heteroatoms. The maximum atomic E-state index is 11.5. The van der Waals surface area contributed by atoms with Gasteiger partial charge in [0.15, 0.2) is 12.0 Å². The van der Waals surface area contributed by atoms with Crippen LogP contribution in [0.25, 0.3) is 17.1 Å². The Morgan fingerprint density at radius 3 is 2.82 bits per heavy atom. The number of nitrogens with zero attached hydrogens (tertiary/aromatic N) is 3. The summed E-state index contributed by atoms with van der Waals surface area (Å²) in [5, 5.41) is 11.4. The molecule has 17 heavy (non-hydrogen) atoms. The Kier molecular flexibility index (Phi) is 2.28. The molecule has 2 N–H and O–H groups in total. The van der Waals surface area contributed by atoms with Crippen LogP contribution >= 0.6 is 0 Å². The molecule has 0 bridgehead atoms. The molecule has 0 radical (unpaired) electrons. The number of hydrogen-bond donors (Lipinski definition) is 2. The molecule has 1 aliphatic rings. The van der Waals surface area contributed by atoms with Crippen LogP contribution in [-0.4, -0.2) is 21.3 Å². The number of pyridine rings is 1. The summed E-state index contributed by atoms with van der Waals surface area (Å²) in [5.41, 5.74) is 2.71. The summed E-state index contributed by atoms with van der Waals surface area (Å²) in [5.74, 6) is 0. The SMILES string of the molecule is [O-][NH+]1C=NC=C1c1cccc(-c2cnc[nH]2)n1. The zero-order chi connectivity index (χ0) is 11.7. The highest BCUT2D eigenvalue weighted by atomic mass is 16.5. The summed E-state index contributed by atoms with van der Waals surface area (Å²) in [4.78, 5) is 15.1. The Hall–Kier alpha value is -2.31. The van der Waals surface area contributed by atoms with Crippen LogP contribution < -0.4 is 5.06 Å². The molecule has 1 unspecified atom stereocenters. The molecule has 2 aromatic heterocycles. The summed E-state index contributed by atoms with van der Waals surface area (Å²) in [7, 11) is 0. The van der Waals surface area contributed by atoms with Crippen LogP contribution in [0, 0.1) is 5.21 Å². The fourth-order valence-corrected chi connectivity index (χ4v) is 1.64. The lowest BCUT2D eigenvalue weighted by Gasteiger charge is -2.14. The van der Waals surface area contributed by atoms with Crippen molar-refractivity contribution < 1.29 is 5.06 Å². The van der Waals surface area contributed by atoms with Crippen LogP contribution in [-0.2, 0) is 0 Å². The molecular formula is C11H9N5O. The van der Waals surface area contributed by atoms with E-state index in [2.05, 4.69) is 19.9 Å². The summed E-state index contributed by atoms with van der Waals surface area (Å²) >= 11 is 0. The van der Waals surface area contributed by atoms with Gasteiger partial charge < -0.3 is 10.2 Å². The standard InChI is InChI=1S/C11H9N5O/c17-16-7-13-5-11(16)9-3-1-2-8(15-9)10-4-12-6-14-10/h1-7,16H,(H,12,14). The molecule has 1 atom stereocenters. The van der Waals surface area contributed by atoms with Crippen molar-refractivity contribution >= 4 is 12.0 Å². The smallest absolute Gasteiger partial charge is 0.193 e. The number of nitrogens with one attached hydrogen (secondary N) is 2. The normalized spacial score (nSPS) is 18.4.